The Morgan fingerprint density at radius 1 is 0.720 bits per heavy atom. The molecule has 1 heterocycles. The lowest BCUT2D eigenvalue weighted by molar-refractivity contribution is -0.633. The molecule has 0 unspecified atom stereocenters. The Balaban J connectivity index is 1.80. The van der Waals surface area contributed by atoms with Crippen molar-refractivity contribution in [1.82, 2.24) is 0 Å². The molecule has 3 aromatic carbocycles. The summed E-state index contributed by atoms with van der Waals surface area (Å²) in [6.45, 7) is 2.14. The first kappa shape index (κ1) is 15.4. The predicted octanol–water partition coefficient (Wildman–Crippen LogP) is 5.43. The first-order valence-electron chi connectivity index (χ1n) is 8.44. The van der Waals surface area contributed by atoms with Crippen LogP contribution in [0.3, 0.4) is 0 Å². The highest BCUT2D eigenvalue weighted by Crippen LogP contribution is 2.29. The molecule has 2 nitrogen and oxygen atoms in total. The fourth-order valence-corrected chi connectivity index (χ4v) is 3.18. The van der Waals surface area contributed by atoms with E-state index < -0.39 is 0 Å². The van der Waals surface area contributed by atoms with E-state index >= 15 is 0 Å². The molecule has 0 saturated carbocycles. The monoisotopic (exact) mass is 326 g/mol. The van der Waals surface area contributed by atoms with Gasteiger partial charge in [-0.05, 0) is 48.9 Å². The van der Waals surface area contributed by atoms with Gasteiger partial charge in [0, 0.05) is 17.5 Å². The molecule has 0 aliphatic rings. The summed E-state index contributed by atoms with van der Waals surface area (Å²) in [6.07, 6.45) is 0. The van der Waals surface area contributed by atoms with E-state index in [1.54, 1.807) is 0 Å². The Morgan fingerprint density at radius 3 is 2.32 bits per heavy atom. The summed E-state index contributed by atoms with van der Waals surface area (Å²) in [7, 11) is 2.11. The molecule has 122 valence electrons. The SMILES string of the molecule is Cc1ccc(Oc2ccccc2)cc1-c1ccc2ccccc2[n+]1C. The first-order valence-corrected chi connectivity index (χ1v) is 8.44. The highest BCUT2D eigenvalue weighted by Gasteiger charge is 2.16. The predicted molar refractivity (Wildman–Crippen MR) is 102 cm³/mol. The maximum atomic E-state index is 6.01. The van der Waals surface area contributed by atoms with Crippen molar-refractivity contribution in [3.63, 3.8) is 0 Å². The van der Waals surface area contributed by atoms with Crippen molar-refractivity contribution in [1.29, 1.82) is 0 Å². The molecule has 0 amide bonds. The van der Waals surface area contributed by atoms with Crippen molar-refractivity contribution in [3.05, 3.63) is 90.5 Å². The number of benzene rings is 3. The van der Waals surface area contributed by atoms with E-state index in [-0.39, 0.29) is 0 Å². The summed E-state index contributed by atoms with van der Waals surface area (Å²) < 4.78 is 8.25. The molecular weight excluding hydrogens is 306 g/mol. The number of hydrogen-bond acceptors (Lipinski definition) is 1. The summed E-state index contributed by atoms with van der Waals surface area (Å²) in [5, 5.41) is 1.24. The smallest absolute Gasteiger partial charge is 0.213 e. The Hall–Kier alpha value is -3.13. The molecule has 1 aromatic heterocycles. The third kappa shape index (κ3) is 2.99. The number of ether oxygens (including phenoxy) is 1. The molecule has 25 heavy (non-hydrogen) atoms. The van der Waals surface area contributed by atoms with Crippen molar-refractivity contribution in [2.24, 2.45) is 7.05 Å². The Labute approximate surface area is 148 Å². The fourth-order valence-electron chi connectivity index (χ4n) is 3.18. The van der Waals surface area contributed by atoms with Crippen LogP contribution in [0.15, 0.2) is 84.9 Å². The zero-order valence-corrected chi connectivity index (χ0v) is 14.4. The maximum absolute atomic E-state index is 6.01. The summed E-state index contributed by atoms with van der Waals surface area (Å²) >= 11 is 0. The Bertz CT molecular complexity index is 1040. The van der Waals surface area contributed by atoms with E-state index in [1.165, 1.54) is 27.7 Å². The van der Waals surface area contributed by atoms with Gasteiger partial charge >= 0.3 is 0 Å². The molecule has 0 radical (unpaired) electrons. The van der Waals surface area contributed by atoms with Gasteiger partial charge in [-0.15, -0.1) is 0 Å². The van der Waals surface area contributed by atoms with Gasteiger partial charge < -0.3 is 4.74 Å². The quantitative estimate of drug-likeness (QED) is 0.457. The van der Waals surface area contributed by atoms with E-state index in [1.807, 2.05) is 36.4 Å². The van der Waals surface area contributed by atoms with Gasteiger partial charge in [0.1, 0.15) is 18.5 Å². The van der Waals surface area contributed by atoms with Crippen LogP contribution in [0.1, 0.15) is 5.56 Å². The molecule has 0 bridgehead atoms. The summed E-state index contributed by atoms with van der Waals surface area (Å²) in [5.41, 5.74) is 4.80. The van der Waals surface area contributed by atoms with E-state index in [0.717, 1.165) is 11.5 Å². The second kappa shape index (κ2) is 6.40. The van der Waals surface area contributed by atoms with Crippen LogP contribution in [0.25, 0.3) is 22.2 Å². The number of aromatic nitrogens is 1. The minimum Gasteiger partial charge on any atom is -0.457 e. The van der Waals surface area contributed by atoms with Gasteiger partial charge in [0.25, 0.3) is 0 Å². The molecule has 0 fully saturated rings. The molecule has 0 saturated heterocycles. The minimum atomic E-state index is 0.847. The van der Waals surface area contributed by atoms with E-state index in [9.17, 15) is 0 Å². The number of fused-ring (bicyclic) bond motifs is 1. The molecule has 4 aromatic rings. The molecule has 4 rings (SSSR count). The normalized spacial score (nSPS) is 10.8. The maximum Gasteiger partial charge on any atom is 0.213 e. The number of aryl methyl sites for hydroxylation is 2. The van der Waals surface area contributed by atoms with Gasteiger partial charge in [-0.1, -0.05) is 36.4 Å². The number of nitrogens with zero attached hydrogens (tertiary/aromatic N) is 1. The molecule has 0 atom stereocenters. The molecule has 0 aliphatic carbocycles. The summed E-state index contributed by atoms with van der Waals surface area (Å²) in [5.74, 6) is 1.69. The molecule has 0 N–H and O–H groups in total. The van der Waals surface area contributed by atoms with E-state index in [2.05, 4.69) is 67.1 Å². The molecule has 2 heteroatoms. The highest BCUT2D eigenvalue weighted by molar-refractivity contribution is 5.78. The van der Waals surface area contributed by atoms with Crippen LogP contribution < -0.4 is 9.30 Å². The van der Waals surface area contributed by atoms with Gasteiger partial charge in [-0.25, -0.2) is 0 Å². The number of rotatable bonds is 3. The summed E-state index contributed by atoms with van der Waals surface area (Å²) in [6, 6.07) is 28.9. The highest BCUT2D eigenvalue weighted by atomic mass is 16.5. The summed E-state index contributed by atoms with van der Waals surface area (Å²) in [4.78, 5) is 0. The van der Waals surface area contributed by atoms with Crippen LogP contribution in [0.4, 0.5) is 0 Å². The third-order valence-corrected chi connectivity index (χ3v) is 4.54. The second-order valence-corrected chi connectivity index (χ2v) is 6.23. The Morgan fingerprint density at radius 2 is 1.48 bits per heavy atom. The number of hydrogen-bond donors (Lipinski definition) is 0. The van der Waals surface area contributed by atoms with Crippen molar-refractivity contribution in [2.45, 2.75) is 6.92 Å². The van der Waals surface area contributed by atoms with Crippen LogP contribution in [0.2, 0.25) is 0 Å². The van der Waals surface area contributed by atoms with Crippen LogP contribution in [0.5, 0.6) is 11.5 Å². The lowest BCUT2D eigenvalue weighted by Crippen LogP contribution is -2.32. The first-order chi connectivity index (χ1) is 12.2. The van der Waals surface area contributed by atoms with Crippen molar-refractivity contribution < 1.29 is 9.30 Å². The molecular formula is C23H20NO+. The van der Waals surface area contributed by atoms with E-state index in [4.69, 9.17) is 4.74 Å². The van der Waals surface area contributed by atoms with Crippen LogP contribution in [0, 0.1) is 6.92 Å². The second-order valence-electron chi connectivity index (χ2n) is 6.23. The zero-order valence-electron chi connectivity index (χ0n) is 14.4. The van der Waals surface area contributed by atoms with Crippen LogP contribution >= 0.6 is 0 Å². The minimum absolute atomic E-state index is 0.847. The van der Waals surface area contributed by atoms with Crippen molar-refractivity contribution in [2.75, 3.05) is 0 Å². The van der Waals surface area contributed by atoms with Crippen LogP contribution in [-0.2, 0) is 7.05 Å². The van der Waals surface area contributed by atoms with Gasteiger partial charge in [0.15, 0.2) is 0 Å². The largest absolute Gasteiger partial charge is 0.457 e. The van der Waals surface area contributed by atoms with Crippen molar-refractivity contribution >= 4 is 10.9 Å². The third-order valence-electron chi connectivity index (χ3n) is 4.54. The topological polar surface area (TPSA) is 13.1 Å². The standard InChI is InChI=1S/C23H20NO/c1-17-12-14-20(25-19-9-4-3-5-10-19)16-21(17)23-15-13-18-8-6-7-11-22(18)24(23)2/h3-16H,1-2H3/q+1. The van der Waals surface area contributed by atoms with Gasteiger partial charge in [-0.3, -0.25) is 0 Å². The Kier molecular flexibility index (Phi) is 3.95. The van der Waals surface area contributed by atoms with Gasteiger partial charge in [-0.2, -0.15) is 4.57 Å². The fraction of sp³-hybridized carbons (Fsp3) is 0.0870. The van der Waals surface area contributed by atoms with Gasteiger partial charge in [0.2, 0.25) is 11.2 Å². The number of para-hydroxylation sites is 2. The zero-order chi connectivity index (χ0) is 17.2. The van der Waals surface area contributed by atoms with Crippen LogP contribution in [-0.4, -0.2) is 0 Å². The lowest BCUT2D eigenvalue weighted by Gasteiger charge is -2.10. The molecule has 0 spiro atoms. The molecule has 0 aliphatic heterocycles. The lowest BCUT2D eigenvalue weighted by atomic mass is 10.0. The average Bonchev–Trinajstić information content (AvgIpc) is 2.65. The number of pyridine rings is 1. The van der Waals surface area contributed by atoms with E-state index in [0.29, 0.717) is 0 Å². The van der Waals surface area contributed by atoms with Crippen molar-refractivity contribution in [3.8, 4) is 22.8 Å². The average molecular weight is 326 g/mol. The van der Waals surface area contributed by atoms with Gasteiger partial charge in [0.05, 0.1) is 5.56 Å².